The van der Waals surface area contributed by atoms with E-state index >= 15 is 0 Å². The van der Waals surface area contributed by atoms with Crippen molar-refractivity contribution < 1.29 is 103 Å². The van der Waals surface area contributed by atoms with Crippen LogP contribution in [0.4, 0.5) is 74.6 Å². The summed E-state index contributed by atoms with van der Waals surface area (Å²) in [7, 11) is 0.931. The van der Waals surface area contributed by atoms with E-state index in [1.54, 1.807) is 12.1 Å². The summed E-state index contributed by atoms with van der Waals surface area (Å²) in [6, 6.07) is 10.8. The molecule has 404 valence electrons. The van der Waals surface area contributed by atoms with Gasteiger partial charge in [-0.05, 0) is 79.2 Å². The number of halogens is 17. The molecule has 24 heteroatoms. The zero-order valence-corrected chi connectivity index (χ0v) is 41.2. The molecular formula is C46H61F17O6Si. The third-order valence-electron chi connectivity index (χ3n) is 12.2. The van der Waals surface area contributed by atoms with E-state index in [0.717, 1.165) is 12.0 Å². The lowest BCUT2D eigenvalue weighted by atomic mass is 9.86. The Bertz CT molecular complexity index is 1950. The number of benzene rings is 2. The number of methoxy groups -OCH3 is 2. The van der Waals surface area contributed by atoms with E-state index in [1.807, 2.05) is 32.9 Å². The number of hydrogen-bond acceptors (Lipinski definition) is 6. The molecule has 0 saturated heterocycles. The van der Waals surface area contributed by atoms with Crippen LogP contribution in [0.5, 0.6) is 17.2 Å². The summed E-state index contributed by atoms with van der Waals surface area (Å²) in [4.78, 5) is 0. The minimum atomic E-state index is -8.67. The molecule has 6 nitrogen and oxygen atoms in total. The van der Waals surface area contributed by atoms with Crippen molar-refractivity contribution in [2.24, 2.45) is 11.8 Å². The predicted molar refractivity (Wildman–Crippen MR) is 229 cm³/mol. The summed E-state index contributed by atoms with van der Waals surface area (Å²) in [5.41, 5.74) is 1.35. The Kier molecular flexibility index (Phi) is 21.1. The first kappa shape index (κ1) is 62.6. The molecule has 0 aliphatic carbocycles. The van der Waals surface area contributed by atoms with Gasteiger partial charge >= 0.3 is 47.6 Å². The van der Waals surface area contributed by atoms with Gasteiger partial charge in [-0.15, -0.1) is 0 Å². The van der Waals surface area contributed by atoms with Crippen molar-refractivity contribution in [2.75, 3.05) is 27.4 Å². The summed E-state index contributed by atoms with van der Waals surface area (Å²) in [5, 5.41) is -0.0406. The quantitative estimate of drug-likeness (QED) is 0.0350. The van der Waals surface area contributed by atoms with Gasteiger partial charge in [0.2, 0.25) is 0 Å². The highest BCUT2D eigenvalue weighted by atomic mass is 28.4. The monoisotopic (exact) mass is 1060 g/mol. The molecule has 0 amide bonds. The third-order valence-corrected chi connectivity index (χ3v) is 16.7. The highest BCUT2D eigenvalue weighted by molar-refractivity contribution is 6.74. The van der Waals surface area contributed by atoms with E-state index in [0.29, 0.717) is 36.5 Å². The fourth-order valence-electron chi connectivity index (χ4n) is 6.67. The summed E-state index contributed by atoms with van der Waals surface area (Å²) >= 11 is 0. The fourth-order valence-corrected chi connectivity index (χ4v) is 7.75. The normalized spacial score (nSPS) is 16.0. The fraction of sp³-hybridized carbons (Fsp3) is 0.696. The molecule has 0 fully saturated rings. The van der Waals surface area contributed by atoms with Gasteiger partial charge in [0.1, 0.15) is 5.75 Å². The van der Waals surface area contributed by atoms with Gasteiger partial charge in [-0.3, -0.25) is 0 Å². The molecule has 0 bridgehead atoms. The Balaban J connectivity index is 2.26. The van der Waals surface area contributed by atoms with Crippen LogP contribution in [0.1, 0.15) is 84.8 Å². The van der Waals surface area contributed by atoms with Crippen LogP contribution in [0, 0.1) is 11.8 Å². The minimum absolute atomic E-state index is 0.00106. The van der Waals surface area contributed by atoms with E-state index in [9.17, 15) is 74.6 Å². The molecule has 0 aliphatic heterocycles. The van der Waals surface area contributed by atoms with Crippen molar-refractivity contribution in [3.8, 4) is 17.2 Å². The van der Waals surface area contributed by atoms with E-state index in [4.69, 9.17) is 28.1 Å². The molecule has 0 N–H and O–H groups in total. The van der Waals surface area contributed by atoms with Crippen molar-refractivity contribution in [3.05, 3.63) is 65.7 Å². The van der Waals surface area contributed by atoms with Crippen molar-refractivity contribution in [1.29, 1.82) is 0 Å². The first-order valence-corrected chi connectivity index (χ1v) is 24.8. The molecule has 0 heterocycles. The van der Waals surface area contributed by atoms with Gasteiger partial charge in [0.25, 0.3) is 0 Å². The van der Waals surface area contributed by atoms with Gasteiger partial charge in [-0.1, -0.05) is 71.9 Å². The summed E-state index contributed by atoms with van der Waals surface area (Å²) in [6.45, 7) is 16.2. The highest BCUT2D eigenvalue weighted by Gasteiger charge is 2.95. The van der Waals surface area contributed by atoms with Crippen LogP contribution in [-0.2, 0) is 27.1 Å². The highest BCUT2D eigenvalue weighted by Crippen LogP contribution is 2.64. The molecule has 0 radical (unpaired) electrons. The van der Waals surface area contributed by atoms with Gasteiger partial charge in [0.05, 0.1) is 46.2 Å². The molecular weight excluding hydrogens is 1000 g/mol. The summed E-state index contributed by atoms with van der Waals surface area (Å²) < 4.78 is 267. The molecule has 2 rings (SSSR count). The lowest BCUT2D eigenvalue weighted by Crippen LogP contribution is -2.74. The van der Waals surface area contributed by atoms with Crippen molar-refractivity contribution in [1.82, 2.24) is 0 Å². The van der Waals surface area contributed by atoms with Gasteiger partial charge in [-0.25, -0.2) is 0 Å². The standard InChI is InChI=1S/C46H61F17O6Si/c1-11-12-15-29(2)37(68-28-32-19-22-35(64-7)36(26-32)65-8)30(3)34(16-13-25-69-70(9,10)38(4,5)6)67-27-31-17-20-33(21-18-31)66-24-14-23-39(47,48)40(49,50)41(51,52)42(53,54)43(55,56)44(57,58)45(59,60)46(61,62)63/h12,15,17-22,26,29-30,34,37H,11,13-14,16,23-25,27-28H2,1-10H3/t29-,30-,34+,37-/m0/s1. The Hall–Kier alpha value is -3.51. The van der Waals surface area contributed by atoms with Crippen molar-refractivity contribution >= 4 is 8.32 Å². The Morgan fingerprint density at radius 2 is 1.10 bits per heavy atom. The van der Waals surface area contributed by atoms with Gasteiger partial charge in [0.15, 0.2) is 19.8 Å². The lowest BCUT2D eigenvalue weighted by molar-refractivity contribution is -0.461. The Morgan fingerprint density at radius 3 is 1.60 bits per heavy atom. The van der Waals surface area contributed by atoms with Gasteiger partial charge in [-0.2, -0.15) is 74.6 Å². The molecule has 0 saturated carbocycles. The number of ether oxygens (including phenoxy) is 5. The van der Waals surface area contributed by atoms with E-state index < -0.39 is 81.5 Å². The van der Waals surface area contributed by atoms with Crippen molar-refractivity contribution in [3.63, 3.8) is 0 Å². The lowest BCUT2D eigenvalue weighted by Gasteiger charge is -2.42. The molecule has 0 unspecified atom stereocenters. The average Bonchev–Trinajstić information content (AvgIpc) is 3.25. The van der Waals surface area contributed by atoms with Crippen LogP contribution in [-0.4, -0.2) is 95.6 Å². The molecule has 2 aromatic rings. The smallest absolute Gasteiger partial charge is 0.460 e. The number of hydrogen-bond donors (Lipinski definition) is 0. The predicted octanol–water partition coefficient (Wildman–Crippen LogP) is 15.4. The van der Waals surface area contributed by atoms with Crippen molar-refractivity contribution in [2.45, 2.75) is 165 Å². The van der Waals surface area contributed by atoms with Crippen LogP contribution < -0.4 is 14.2 Å². The van der Waals surface area contributed by atoms with E-state index in [2.05, 4.69) is 39.9 Å². The summed E-state index contributed by atoms with van der Waals surface area (Å²) in [6.07, 6.45) is -6.62. The second kappa shape index (κ2) is 23.6. The van der Waals surface area contributed by atoms with E-state index in [-0.39, 0.29) is 41.9 Å². The minimum Gasteiger partial charge on any atom is -0.494 e. The maximum atomic E-state index is 14.4. The second-order valence-electron chi connectivity index (χ2n) is 18.4. The third kappa shape index (κ3) is 13.8. The van der Waals surface area contributed by atoms with Crippen LogP contribution in [0.3, 0.4) is 0 Å². The van der Waals surface area contributed by atoms with Crippen LogP contribution >= 0.6 is 0 Å². The number of rotatable bonds is 29. The van der Waals surface area contributed by atoms with Crippen LogP contribution in [0.2, 0.25) is 18.1 Å². The molecule has 0 spiro atoms. The summed E-state index contributed by atoms with van der Waals surface area (Å²) in [5.74, 6) is -56.0. The average molecular weight is 1060 g/mol. The Morgan fingerprint density at radius 1 is 0.600 bits per heavy atom. The van der Waals surface area contributed by atoms with Crippen LogP contribution in [0.15, 0.2) is 54.6 Å². The molecule has 70 heavy (non-hydrogen) atoms. The SMILES string of the molecule is CCC=C[C@H](C)[C@H](OCc1ccc(OC)c(OC)c1)[C@@H](C)[C@@H](CCCO[Si](C)(C)C(C)(C)C)OCc1ccc(OCCCC(F)(F)C(F)(F)C(F)(F)C(F)(F)C(F)(F)C(F)(F)C(F)(F)C(F)(F)F)cc1. The first-order valence-electron chi connectivity index (χ1n) is 21.9. The second-order valence-corrected chi connectivity index (χ2v) is 23.2. The maximum Gasteiger partial charge on any atom is 0.460 e. The number of alkyl halides is 17. The molecule has 2 aromatic carbocycles. The van der Waals surface area contributed by atoms with E-state index in [1.165, 1.54) is 38.5 Å². The topological polar surface area (TPSA) is 55.4 Å². The maximum absolute atomic E-state index is 14.4. The zero-order valence-electron chi connectivity index (χ0n) is 40.2. The van der Waals surface area contributed by atoms with Crippen LogP contribution in [0.25, 0.3) is 0 Å². The zero-order chi connectivity index (χ0) is 54.2. The Labute approximate surface area is 397 Å². The van der Waals surface area contributed by atoms with Gasteiger partial charge < -0.3 is 28.1 Å². The van der Waals surface area contributed by atoms with Gasteiger partial charge in [0, 0.05) is 24.9 Å². The molecule has 0 aromatic heterocycles. The number of allylic oxidation sites excluding steroid dienone is 1. The molecule has 0 aliphatic rings. The first-order chi connectivity index (χ1) is 31.8. The molecule has 4 atom stereocenters. The largest absolute Gasteiger partial charge is 0.494 e.